The maximum atomic E-state index is 12.7. The van der Waals surface area contributed by atoms with Gasteiger partial charge in [-0.2, -0.15) is 0 Å². The van der Waals surface area contributed by atoms with E-state index in [4.69, 9.17) is 9.47 Å². The number of urea groups is 1. The summed E-state index contributed by atoms with van der Waals surface area (Å²) in [4.78, 5) is 25.1. The molecule has 3 aromatic carbocycles. The summed E-state index contributed by atoms with van der Waals surface area (Å²) in [6.07, 6.45) is 0. The van der Waals surface area contributed by atoms with E-state index in [2.05, 4.69) is 10.6 Å². The number of carbonyl (C=O) groups is 2. The highest BCUT2D eigenvalue weighted by Gasteiger charge is 2.31. The minimum atomic E-state index is -0.452. The molecule has 2 amide bonds. The molecule has 0 fully saturated rings. The van der Waals surface area contributed by atoms with Crippen LogP contribution in [0.4, 0.5) is 4.79 Å². The van der Waals surface area contributed by atoms with Gasteiger partial charge in [0, 0.05) is 5.57 Å². The van der Waals surface area contributed by atoms with Gasteiger partial charge in [-0.05, 0) is 42.7 Å². The van der Waals surface area contributed by atoms with Crippen molar-refractivity contribution in [3.05, 3.63) is 101 Å². The number of nitrogens with one attached hydrogen (secondary N) is 2. The number of amides is 2. The molecule has 0 aromatic heterocycles. The maximum absolute atomic E-state index is 12.7. The highest BCUT2D eigenvalue weighted by molar-refractivity contribution is 6.03. The van der Waals surface area contributed by atoms with Gasteiger partial charge >= 0.3 is 12.0 Å². The topological polar surface area (TPSA) is 76.7 Å². The van der Waals surface area contributed by atoms with Crippen molar-refractivity contribution >= 4 is 23.3 Å². The highest BCUT2D eigenvalue weighted by atomic mass is 16.5. The lowest BCUT2D eigenvalue weighted by atomic mass is 9.87. The van der Waals surface area contributed by atoms with Gasteiger partial charge in [-0.25, -0.2) is 9.59 Å². The van der Waals surface area contributed by atoms with Crippen molar-refractivity contribution in [2.75, 3.05) is 13.2 Å². The van der Waals surface area contributed by atoms with Crippen molar-refractivity contribution in [1.82, 2.24) is 10.6 Å². The lowest BCUT2D eigenvalue weighted by Crippen LogP contribution is -2.43. The molecule has 0 bridgehead atoms. The van der Waals surface area contributed by atoms with Crippen LogP contribution in [0.5, 0.6) is 5.75 Å². The van der Waals surface area contributed by atoms with Gasteiger partial charge in [0.05, 0.1) is 25.0 Å². The molecule has 1 aliphatic heterocycles. The van der Waals surface area contributed by atoms with Gasteiger partial charge in [0.25, 0.3) is 0 Å². The summed E-state index contributed by atoms with van der Waals surface area (Å²) in [6, 6.07) is 24.2. The number of hydrogen-bond acceptors (Lipinski definition) is 4. The SMILES string of the molecule is CCOC(=O)c1ccc(C2NC(=O)NC(c3ccccc3)=C2c2ccccc2)cc1OCC. The Hall–Kier alpha value is -4.06. The van der Waals surface area contributed by atoms with Gasteiger partial charge in [-0.1, -0.05) is 66.7 Å². The normalized spacial score (nSPS) is 15.5. The Bertz CT molecular complexity index is 1170. The van der Waals surface area contributed by atoms with Gasteiger partial charge < -0.3 is 20.1 Å². The van der Waals surface area contributed by atoms with Crippen LogP contribution < -0.4 is 15.4 Å². The Kier molecular flexibility index (Phi) is 6.74. The average Bonchev–Trinajstić information content (AvgIpc) is 2.85. The molecular weight excluding hydrogens is 416 g/mol. The van der Waals surface area contributed by atoms with E-state index >= 15 is 0 Å². The first-order valence-corrected chi connectivity index (χ1v) is 11.0. The molecule has 0 saturated carbocycles. The third-order valence-corrected chi connectivity index (χ3v) is 5.35. The third kappa shape index (κ3) is 4.75. The van der Waals surface area contributed by atoms with E-state index in [0.717, 1.165) is 28.0 Å². The smallest absolute Gasteiger partial charge is 0.341 e. The van der Waals surface area contributed by atoms with Gasteiger partial charge in [-0.3, -0.25) is 0 Å². The molecule has 1 aliphatic rings. The zero-order valence-corrected chi connectivity index (χ0v) is 18.6. The van der Waals surface area contributed by atoms with Crippen LogP contribution in [0.2, 0.25) is 0 Å². The second-order valence-corrected chi connectivity index (χ2v) is 7.46. The second kappa shape index (κ2) is 10.0. The number of ether oxygens (including phenoxy) is 2. The molecule has 0 saturated heterocycles. The molecule has 1 atom stereocenters. The number of carbonyl (C=O) groups excluding carboxylic acids is 2. The lowest BCUT2D eigenvalue weighted by molar-refractivity contribution is 0.0522. The van der Waals surface area contributed by atoms with Crippen LogP contribution in [-0.2, 0) is 4.74 Å². The first-order chi connectivity index (χ1) is 16.1. The summed E-state index contributed by atoms with van der Waals surface area (Å²) in [6.45, 7) is 4.29. The predicted molar refractivity (Wildman–Crippen MR) is 128 cm³/mol. The van der Waals surface area contributed by atoms with Gasteiger partial charge in [0.15, 0.2) is 0 Å². The standard InChI is InChI=1S/C27H26N2O4/c1-3-32-22-17-20(15-16-21(22)26(30)33-4-2)25-23(18-11-7-5-8-12-18)24(28-27(31)29-25)19-13-9-6-10-14-19/h5-17,25H,3-4H2,1-2H3,(H2,28,29,31). The summed E-state index contributed by atoms with van der Waals surface area (Å²) < 4.78 is 10.9. The largest absolute Gasteiger partial charge is 0.493 e. The van der Waals surface area contributed by atoms with E-state index in [-0.39, 0.29) is 12.6 Å². The highest BCUT2D eigenvalue weighted by Crippen LogP contribution is 2.39. The van der Waals surface area contributed by atoms with Crippen LogP contribution in [0.3, 0.4) is 0 Å². The fraction of sp³-hybridized carbons (Fsp3) is 0.185. The molecule has 2 N–H and O–H groups in total. The van der Waals surface area contributed by atoms with Crippen molar-refractivity contribution in [3.63, 3.8) is 0 Å². The lowest BCUT2D eigenvalue weighted by Gasteiger charge is -2.31. The third-order valence-electron chi connectivity index (χ3n) is 5.35. The fourth-order valence-corrected chi connectivity index (χ4v) is 3.95. The number of hydrogen-bond donors (Lipinski definition) is 2. The first kappa shape index (κ1) is 22.1. The monoisotopic (exact) mass is 442 g/mol. The van der Waals surface area contributed by atoms with Crippen LogP contribution in [0, 0.1) is 0 Å². The average molecular weight is 443 g/mol. The van der Waals surface area contributed by atoms with E-state index in [1.165, 1.54) is 0 Å². The predicted octanol–water partition coefficient (Wildman–Crippen LogP) is 5.18. The zero-order valence-electron chi connectivity index (χ0n) is 18.6. The fourth-order valence-electron chi connectivity index (χ4n) is 3.95. The first-order valence-electron chi connectivity index (χ1n) is 11.0. The van der Waals surface area contributed by atoms with Crippen LogP contribution in [-0.4, -0.2) is 25.2 Å². The summed E-state index contributed by atoms with van der Waals surface area (Å²) in [5.74, 6) is -0.0134. The molecule has 6 heteroatoms. The van der Waals surface area contributed by atoms with E-state index in [1.807, 2.05) is 73.7 Å². The number of esters is 1. The van der Waals surface area contributed by atoms with Crippen molar-refractivity contribution in [3.8, 4) is 5.75 Å². The van der Waals surface area contributed by atoms with Crippen molar-refractivity contribution < 1.29 is 19.1 Å². The maximum Gasteiger partial charge on any atom is 0.341 e. The summed E-state index contributed by atoms with van der Waals surface area (Å²) >= 11 is 0. The molecule has 6 nitrogen and oxygen atoms in total. The molecule has 33 heavy (non-hydrogen) atoms. The summed E-state index contributed by atoms with van der Waals surface area (Å²) in [5.41, 5.74) is 4.70. The number of rotatable bonds is 7. The van der Waals surface area contributed by atoms with Crippen LogP contribution in [0.15, 0.2) is 78.9 Å². The Morgan fingerprint density at radius 3 is 2.18 bits per heavy atom. The molecule has 4 rings (SSSR count). The van der Waals surface area contributed by atoms with E-state index in [1.54, 1.807) is 19.1 Å². The Balaban J connectivity index is 1.88. The van der Waals surface area contributed by atoms with E-state index in [9.17, 15) is 9.59 Å². The Labute approximate surface area is 193 Å². The quantitative estimate of drug-likeness (QED) is 0.494. The van der Waals surface area contributed by atoms with Gasteiger partial charge in [-0.15, -0.1) is 0 Å². The van der Waals surface area contributed by atoms with Crippen LogP contribution in [0.1, 0.15) is 46.9 Å². The summed E-state index contributed by atoms with van der Waals surface area (Å²) in [5, 5.41) is 6.04. The van der Waals surface area contributed by atoms with Crippen LogP contribution in [0.25, 0.3) is 11.3 Å². The Morgan fingerprint density at radius 2 is 1.55 bits per heavy atom. The van der Waals surface area contributed by atoms with Crippen molar-refractivity contribution in [2.45, 2.75) is 19.9 Å². The van der Waals surface area contributed by atoms with E-state index in [0.29, 0.717) is 17.9 Å². The van der Waals surface area contributed by atoms with Gasteiger partial charge in [0.2, 0.25) is 0 Å². The minimum absolute atomic E-state index is 0.276. The van der Waals surface area contributed by atoms with Crippen molar-refractivity contribution in [1.29, 1.82) is 0 Å². The van der Waals surface area contributed by atoms with E-state index < -0.39 is 12.0 Å². The second-order valence-electron chi connectivity index (χ2n) is 7.46. The molecule has 0 radical (unpaired) electrons. The number of benzene rings is 3. The molecule has 0 spiro atoms. The van der Waals surface area contributed by atoms with Crippen molar-refractivity contribution in [2.24, 2.45) is 0 Å². The molecule has 1 unspecified atom stereocenters. The Morgan fingerprint density at radius 1 is 0.879 bits per heavy atom. The minimum Gasteiger partial charge on any atom is -0.493 e. The molecule has 168 valence electrons. The molecule has 1 heterocycles. The molecule has 0 aliphatic carbocycles. The van der Waals surface area contributed by atoms with Crippen LogP contribution >= 0.6 is 0 Å². The summed E-state index contributed by atoms with van der Waals surface area (Å²) in [7, 11) is 0. The zero-order chi connectivity index (χ0) is 23.2. The molecule has 3 aromatic rings. The molecular formula is C27H26N2O4. The van der Waals surface area contributed by atoms with Gasteiger partial charge in [0.1, 0.15) is 11.3 Å².